The van der Waals surface area contributed by atoms with Gasteiger partial charge in [-0.15, -0.1) is 6.42 Å². The Morgan fingerprint density at radius 2 is 2.25 bits per heavy atom. The van der Waals surface area contributed by atoms with E-state index in [0.717, 1.165) is 31.3 Å². The summed E-state index contributed by atoms with van der Waals surface area (Å²) in [5, 5.41) is 9.37. The molecule has 0 aromatic carbocycles. The van der Waals surface area contributed by atoms with Crippen molar-refractivity contribution in [2.45, 2.75) is 45.6 Å². The van der Waals surface area contributed by atoms with Crippen molar-refractivity contribution >= 4 is 0 Å². The number of allylic oxidation sites excluding steroid dienone is 1. The molecule has 1 heteroatoms. The molecule has 0 spiro atoms. The van der Waals surface area contributed by atoms with E-state index in [0.29, 0.717) is 0 Å². The van der Waals surface area contributed by atoms with Crippen LogP contribution in [0.4, 0.5) is 0 Å². The molecular formula is C11H18O. The SMILES string of the molecule is C#CC(O)/C(=C/CC)CCCC. The van der Waals surface area contributed by atoms with Crippen molar-refractivity contribution in [2.24, 2.45) is 0 Å². The summed E-state index contributed by atoms with van der Waals surface area (Å²) in [5.74, 6) is 2.35. The molecule has 0 fully saturated rings. The Morgan fingerprint density at radius 3 is 2.67 bits per heavy atom. The molecule has 0 heterocycles. The molecule has 68 valence electrons. The standard InChI is InChI=1S/C11H18O/c1-4-7-9-10(8-5-2)11(12)6-3/h3,8,11-12H,4-5,7,9H2,1-2H3/b10-8+. The van der Waals surface area contributed by atoms with Crippen LogP contribution in [0.5, 0.6) is 0 Å². The van der Waals surface area contributed by atoms with Gasteiger partial charge in [-0.3, -0.25) is 0 Å². The minimum atomic E-state index is -0.670. The van der Waals surface area contributed by atoms with Gasteiger partial charge in [-0.25, -0.2) is 0 Å². The third-order valence-corrected chi connectivity index (χ3v) is 1.79. The van der Waals surface area contributed by atoms with Gasteiger partial charge in [0.05, 0.1) is 0 Å². The van der Waals surface area contributed by atoms with Crippen molar-refractivity contribution < 1.29 is 5.11 Å². The Morgan fingerprint density at radius 1 is 1.58 bits per heavy atom. The van der Waals surface area contributed by atoms with Crippen LogP contribution < -0.4 is 0 Å². The molecule has 0 radical (unpaired) electrons. The minimum absolute atomic E-state index is 0.670. The van der Waals surface area contributed by atoms with Crippen molar-refractivity contribution in [3.63, 3.8) is 0 Å². The Hall–Kier alpha value is -0.740. The number of aliphatic hydroxyl groups excluding tert-OH is 1. The van der Waals surface area contributed by atoms with Crippen LogP contribution in [-0.4, -0.2) is 11.2 Å². The first-order valence-electron chi connectivity index (χ1n) is 4.59. The quantitative estimate of drug-likeness (QED) is 0.491. The fourth-order valence-corrected chi connectivity index (χ4v) is 1.10. The Bertz CT molecular complexity index is 174. The highest BCUT2D eigenvalue weighted by Gasteiger charge is 2.05. The van der Waals surface area contributed by atoms with Gasteiger partial charge in [0.25, 0.3) is 0 Å². The molecule has 0 aromatic rings. The van der Waals surface area contributed by atoms with E-state index < -0.39 is 6.10 Å². The van der Waals surface area contributed by atoms with Gasteiger partial charge in [0, 0.05) is 0 Å². The predicted molar refractivity (Wildman–Crippen MR) is 52.7 cm³/mol. The van der Waals surface area contributed by atoms with Gasteiger partial charge in [0.1, 0.15) is 6.10 Å². The number of terminal acetylenes is 1. The van der Waals surface area contributed by atoms with Crippen molar-refractivity contribution in [1.29, 1.82) is 0 Å². The van der Waals surface area contributed by atoms with E-state index in [9.17, 15) is 5.11 Å². The summed E-state index contributed by atoms with van der Waals surface area (Å²) in [7, 11) is 0. The number of hydrogen-bond donors (Lipinski definition) is 1. The summed E-state index contributed by atoms with van der Waals surface area (Å²) < 4.78 is 0. The molecule has 1 unspecified atom stereocenters. The number of hydrogen-bond acceptors (Lipinski definition) is 1. The molecule has 0 aromatic heterocycles. The summed E-state index contributed by atoms with van der Waals surface area (Å²) in [5.41, 5.74) is 1.00. The lowest BCUT2D eigenvalue weighted by atomic mass is 10.0. The van der Waals surface area contributed by atoms with Crippen molar-refractivity contribution in [1.82, 2.24) is 0 Å². The Balaban J connectivity index is 4.06. The van der Waals surface area contributed by atoms with Crippen molar-refractivity contribution in [3.8, 4) is 12.3 Å². The van der Waals surface area contributed by atoms with E-state index in [1.165, 1.54) is 0 Å². The van der Waals surface area contributed by atoms with Gasteiger partial charge in [-0.1, -0.05) is 32.3 Å². The minimum Gasteiger partial charge on any atom is -0.376 e. The largest absolute Gasteiger partial charge is 0.376 e. The second-order valence-electron chi connectivity index (χ2n) is 2.86. The van der Waals surface area contributed by atoms with Crippen LogP contribution in [0, 0.1) is 12.3 Å². The monoisotopic (exact) mass is 166 g/mol. The second kappa shape index (κ2) is 6.94. The number of rotatable bonds is 5. The van der Waals surface area contributed by atoms with Gasteiger partial charge in [0.2, 0.25) is 0 Å². The smallest absolute Gasteiger partial charge is 0.136 e. The average molecular weight is 166 g/mol. The van der Waals surface area contributed by atoms with E-state index in [4.69, 9.17) is 6.42 Å². The van der Waals surface area contributed by atoms with Gasteiger partial charge in [-0.05, 0) is 24.8 Å². The van der Waals surface area contributed by atoms with Crippen LogP contribution in [0.25, 0.3) is 0 Å². The average Bonchev–Trinajstić information content (AvgIpc) is 2.11. The summed E-state index contributed by atoms with van der Waals surface area (Å²) in [6, 6.07) is 0. The lowest BCUT2D eigenvalue weighted by Gasteiger charge is -2.08. The Kier molecular flexibility index (Phi) is 6.51. The first kappa shape index (κ1) is 11.3. The highest BCUT2D eigenvalue weighted by Crippen LogP contribution is 2.12. The van der Waals surface area contributed by atoms with Gasteiger partial charge < -0.3 is 5.11 Å². The van der Waals surface area contributed by atoms with E-state index in [1.54, 1.807) is 0 Å². The normalized spacial score (nSPS) is 14.0. The van der Waals surface area contributed by atoms with Crippen LogP contribution in [0.1, 0.15) is 39.5 Å². The fraction of sp³-hybridized carbons (Fsp3) is 0.636. The molecule has 0 aliphatic heterocycles. The van der Waals surface area contributed by atoms with Crippen LogP contribution in [0.2, 0.25) is 0 Å². The third-order valence-electron chi connectivity index (χ3n) is 1.79. The summed E-state index contributed by atoms with van der Waals surface area (Å²) in [6.07, 6.45) is 10.6. The molecule has 0 saturated heterocycles. The van der Waals surface area contributed by atoms with E-state index >= 15 is 0 Å². The van der Waals surface area contributed by atoms with E-state index in [2.05, 4.69) is 19.8 Å². The molecule has 1 nitrogen and oxygen atoms in total. The van der Waals surface area contributed by atoms with E-state index in [1.807, 2.05) is 6.08 Å². The topological polar surface area (TPSA) is 20.2 Å². The fourth-order valence-electron chi connectivity index (χ4n) is 1.10. The van der Waals surface area contributed by atoms with Gasteiger partial charge in [0.15, 0.2) is 0 Å². The van der Waals surface area contributed by atoms with Gasteiger partial charge >= 0.3 is 0 Å². The molecule has 0 rings (SSSR count). The second-order valence-corrected chi connectivity index (χ2v) is 2.86. The first-order chi connectivity index (χ1) is 5.76. The van der Waals surface area contributed by atoms with Crippen LogP contribution >= 0.6 is 0 Å². The molecule has 1 N–H and O–H groups in total. The molecule has 12 heavy (non-hydrogen) atoms. The summed E-state index contributed by atoms with van der Waals surface area (Å²) in [4.78, 5) is 0. The zero-order valence-electron chi connectivity index (χ0n) is 8.01. The third kappa shape index (κ3) is 4.20. The summed E-state index contributed by atoms with van der Waals surface area (Å²) >= 11 is 0. The highest BCUT2D eigenvalue weighted by molar-refractivity contribution is 5.18. The predicted octanol–water partition coefficient (Wildman–Crippen LogP) is 2.51. The maximum Gasteiger partial charge on any atom is 0.136 e. The lowest BCUT2D eigenvalue weighted by molar-refractivity contribution is 0.262. The molecule has 0 bridgehead atoms. The number of unbranched alkanes of at least 4 members (excludes halogenated alkanes) is 1. The zero-order chi connectivity index (χ0) is 9.40. The molecule has 0 saturated carbocycles. The molecule has 0 amide bonds. The molecular weight excluding hydrogens is 148 g/mol. The maximum atomic E-state index is 9.37. The van der Waals surface area contributed by atoms with Crippen LogP contribution in [0.15, 0.2) is 11.6 Å². The van der Waals surface area contributed by atoms with Gasteiger partial charge in [-0.2, -0.15) is 0 Å². The number of aliphatic hydroxyl groups is 1. The van der Waals surface area contributed by atoms with Crippen molar-refractivity contribution in [2.75, 3.05) is 0 Å². The van der Waals surface area contributed by atoms with Crippen molar-refractivity contribution in [3.05, 3.63) is 11.6 Å². The zero-order valence-corrected chi connectivity index (χ0v) is 8.01. The van der Waals surface area contributed by atoms with Crippen LogP contribution in [0.3, 0.4) is 0 Å². The Labute approximate surface area is 75.5 Å². The first-order valence-corrected chi connectivity index (χ1v) is 4.59. The molecule has 0 aliphatic rings. The lowest BCUT2D eigenvalue weighted by Crippen LogP contribution is -2.06. The molecule has 0 aliphatic carbocycles. The summed E-state index contributed by atoms with van der Waals surface area (Å²) in [6.45, 7) is 4.18. The molecule has 1 atom stereocenters. The maximum absolute atomic E-state index is 9.37. The highest BCUT2D eigenvalue weighted by atomic mass is 16.3. The van der Waals surface area contributed by atoms with Crippen LogP contribution in [-0.2, 0) is 0 Å². The van der Waals surface area contributed by atoms with E-state index in [-0.39, 0.29) is 0 Å².